The third-order valence-electron chi connectivity index (χ3n) is 6.47. The fourth-order valence-electron chi connectivity index (χ4n) is 4.52. The van der Waals surface area contributed by atoms with Crippen LogP contribution in [0, 0.1) is 5.82 Å². The van der Waals surface area contributed by atoms with Gasteiger partial charge in [0.1, 0.15) is 5.82 Å². The zero-order valence-corrected chi connectivity index (χ0v) is 20.1. The number of halogens is 1. The van der Waals surface area contributed by atoms with E-state index in [4.69, 9.17) is 4.74 Å². The standard InChI is InChI=1S/C25H32FN3O4S/c26-22-8-6-21(7-9-22)24(28-14-16-33-17-15-28)19-27-25(30)18-20-4-10-23(11-5-20)34(31,32)29-12-2-1-3-13-29/h4-11,24H,1-3,12-19H2,(H,27,30). The second-order valence-electron chi connectivity index (χ2n) is 8.81. The summed E-state index contributed by atoms with van der Waals surface area (Å²) in [7, 11) is -3.48. The van der Waals surface area contributed by atoms with Gasteiger partial charge in [0.25, 0.3) is 0 Å². The van der Waals surface area contributed by atoms with Crippen LogP contribution in [0.2, 0.25) is 0 Å². The van der Waals surface area contributed by atoms with Gasteiger partial charge in [0.15, 0.2) is 0 Å². The van der Waals surface area contributed by atoms with Crippen LogP contribution in [0.5, 0.6) is 0 Å². The molecule has 9 heteroatoms. The molecule has 0 aliphatic carbocycles. The molecule has 1 amide bonds. The molecule has 184 valence electrons. The van der Waals surface area contributed by atoms with Gasteiger partial charge in [-0.1, -0.05) is 30.7 Å². The summed E-state index contributed by atoms with van der Waals surface area (Å²) in [5.41, 5.74) is 1.69. The van der Waals surface area contributed by atoms with Crippen LogP contribution in [0.25, 0.3) is 0 Å². The van der Waals surface area contributed by atoms with Crippen molar-refractivity contribution in [1.82, 2.24) is 14.5 Å². The number of carbonyl (C=O) groups is 1. The van der Waals surface area contributed by atoms with Gasteiger partial charge >= 0.3 is 0 Å². The van der Waals surface area contributed by atoms with E-state index in [1.54, 1.807) is 40.7 Å². The highest BCUT2D eigenvalue weighted by Crippen LogP contribution is 2.23. The van der Waals surface area contributed by atoms with E-state index in [1.165, 1.54) is 12.1 Å². The van der Waals surface area contributed by atoms with Crippen molar-refractivity contribution >= 4 is 15.9 Å². The minimum absolute atomic E-state index is 0.0782. The molecule has 2 aromatic carbocycles. The monoisotopic (exact) mass is 489 g/mol. The molecule has 1 unspecified atom stereocenters. The summed E-state index contributed by atoms with van der Waals surface area (Å²) in [6.07, 6.45) is 3.00. The molecule has 1 N–H and O–H groups in total. The summed E-state index contributed by atoms with van der Waals surface area (Å²) in [4.78, 5) is 15.2. The van der Waals surface area contributed by atoms with E-state index in [1.807, 2.05) is 0 Å². The normalized spacial score (nSPS) is 19.0. The van der Waals surface area contributed by atoms with Gasteiger partial charge in [-0.05, 0) is 48.2 Å². The van der Waals surface area contributed by atoms with Crippen molar-refractivity contribution in [2.75, 3.05) is 45.9 Å². The van der Waals surface area contributed by atoms with Crippen LogP contribution in [-0.2, 0) is 26.0 Å². The van der Waals surface area contributed by atoms with Gasteiger partial charge < -0.3 is 10.1 Å². The molecular weight excluding hydrogens is 457 g/mol. The fraction of sp³-hybridized carbons (Fsp3) is 0.480. The Bertz CT molecular complexity index is 1050. The Kier molecular flexibility index (Phi) is 8.31. The highest BCUT2D eigenvalue weighted by Gasteiger charge is 2.26. The number of benzene rings is 2. The van der Waals surface area contributed by atoms with Crippen molar-refractivity contribution < 1.29 is 22.3 Å². The predicted molar refractivity (Wildman–Crippen MR) is 127 cm³/mol. The Morgan fingerprint density at radius 3 is 2.24 bits per heavy atom. The van der Waals surface area contributed by atoms with Gasteiger partial charge in [-0.2, -0.15) is 4.31 Å². The summed E-state index contributed by atoms with van der Waals surface area (Å²) in [5, 5.41) is 3.00. The molecule has 1 atom stereocenters. The zero-order chi connectivity index (χ0) is 24.0. The Hall–Kier alpha value is -2.33. The molecule has 2 aromatic rings. The van der Waals surface area contributed by atoms with Gasteiger partial charge in [0.05, 0.1) is 30.6 Å². The van der Waals surface area contributed by atoms with Crippen LogP contribution in [0.1, 0.15) is 36.4 Å². The first kappa shape index (κ1) is 24.8. The van der Waals surface area contributed by atoms with Gasteiger partial charge in [-0.25, -0.2) is 12.8 Å². The van der Waals surface area contributed by atoms with E-state index >= 15 is 0 Å². The largest absolute Gasteiger partial charge is 0.379 e. The van der Waals surface area contributed by atoms with Crippen molar-refractivity contribution in [3.63, 3.8) is 0 Å². The molecule has 0 aromatic heterocycles. The van der Waals surface area contributed by atoms with Crippen LogP contribution in [0.3, 0.4) is 0 Å². The van der Waals surface area contributed by atoms with E-state index in [0.717, 1.165) is 43.5 Å². The molecule has 2 aliphatic rings. The summed E-state index contributed by atoms with van der Waals surface area (Å²) in [5.74, 6) is -0.439. The summed E-state index contributed by atoms with van der Waals surface area (Å²) >= 11 is 0. The Morgan fingerprint density at radius 2 is 1.59 bits per heavy atom. The second-order valence-corrected chi connectivity index (χ2v) is 10.7. The number of amides is 1. The van der Waals surface area contributed by atoms with Gasteiger partial charge in [0, 0.05) is 32.7 Å². The van der Waals surface area contributed by atoms with Crippen LogP contribution >= 0.6 is 0 Å². The van der Waals surface area contributed by atoms with Crippen molar-refractivity contribution in [3.8, 4) is 0 Å². The highest BCUT2D eigenvalue weighted by molar-refractivity contribution is 7.89. The summed E-state index contributed by atoms with van der Waals surface area (Å²) in [6, 6.07) is 12.9. The van der Waals surface area contributed by atoms with E-state index < -0.39 is 10.0 Å². The lowest BCUT2D eigenvalue weighted by molar-refractivity contribution is -0.120. The second kappa shape index (κ2) is 11.4. The minimum atomic E-state index is -3.48. The first-order chi connectivity index (χ1) is 16.4. The van der Waals surface area contributed by atoms with E-state index in [-0.39, 0.29) is 29.1 Å². The number of ether oxygens (including phenoxy) is 1. The average Bonchev–Trinajstić information content (AvgIpc) is 2.87. The molecule has 0 radical (unpaired) electrons. The number of nitrogens with zero attached hydrogens (tertiary/aromatic N) is 2. The number of hydrogen-bond acceptors (Lipinski definition) is 5. The summed E-state index contributed by atoms with van der Waals surface area (Å²) in [6.45, 7) is 4.24. The van der Waals surface area contributed by atoms with Crippen LogP contribution in [-0.4, -0.2) is 69.5 Å². The molecule has 2 heterocycles. The highest BCUT2D eigenvalue weighted by atomic mass is 32.2. The maximum Gasteiger partial charge on any atom is 0.243 e. The number of morpholine rings is 1. The Morgan fingerprint density at radius 1 is 0.941 bits per heavy atom. The third-order valence-corrected chi connectivity index (χ3v) is 8.39. The van der Waals surface area contributed by atoms with Crippen molar-refractivity contribution in [2.45, 2.75) is 36.6 Å². The fourth-order valence-corrected chi connectivity index (χ4v) is 6.04. The first-order valence-corrected chi connectivity index (χ1v) is 13.3. The Balaban J connectivity index is 1.36. The molecule has 2 saturated heterocycles. The van der Waals surface area contributed by atoms with Gasteiger partial charge in [0.2, 0.25) is 15.9 Å². The molecule has 2 aliphatic heterocycles. The first-order valence-electron chi connectivity index (χ1n) is 11.9. The number of rotatable bonds is 8. The van der Waals surface area contributed by atoms with Crippen LogP contribution < -0.4 is 5.32 Å². The molecule has 4 rings (SSSR count). The summed E-state index contributed by atoms with van der Waals surface area (Å²) < 4.78 is 46.0. The predicted octanol–water partition coefficient (Wildman–Crippen LogP) is 2.73. The lowest BCUT2D eigenvalue weighted by atomic mass is 10.0. The van der Waals surface area contributed by atoms with Crippen LogP contribution in [0.15, 0.2) is 53.4 Å². The van der Waals surface area contributed by atoms with E-state index in [2.05, 4.69) is 10.2 Å². The molecule has 0 saturated carbocycles. The topological polar surface area (TPSA) is 79.0 Å². The average molecular weight is 490 g/mol. The lowest BCUT2D eigenvalue weighted by Gasteiger charge is -2.35. The lowest BCUT2D eigenvalue weighted by Crippen LogP contribution is -2.44. The molecule has 0 bridgehead atoms. The molecule has 7 nitrogen and oxygen atoms in total. The SMILES string of the molecule is O=C(Cc1ccc(S(=O)(=O)N2CCCCC2)cc1)NCC(c1ccc(F)cc1)N1CCOCC1. The van der Waals surface area contributed by atoms with E-state index in [9.17, 15) is 17.6 Å². The smallest absolute Gasteiger partial charge is 0.243 e. The van der Waals surface area contributed by atoms with Crippen molar-refractivity contribution in [2.24, 2.45) is 0 Å². The molecule has 0 spiro atoms. The van der Waals surface area contributed by atoms with Crippen LogP contribution in [0.4, 0.5) is 4.39 Å². The van der Waals surface area contributed by atoms with Crippen molar-refractivity contribution in [1.29, 1.82) is 0 Å². The number of hydrogen-bond donors (Lipinski definition) is 1. The molecule has 34 heavy (non-hydrogen) atoms. The minimum Gasteiger partial charge on any atom is -0.379 e. The Labute approximate surface area is 200 Å². The molecular formula is C25H32FN3O4S. The number of sulfonamides is 1. The quantitative estimate of drug-likeness (QED) is 0.617. The third kappa shape index (κ3) is 6.21. The van der Waals surface area contributed by atoms with Gasteiger partial charge in [-0.15, -0.1) is 0 Å². The number of carbonyl (C=O) groups excluding carboxylic acids is 1. The van der Waals surface area contributed by atoms with Gasteiger partial charge in [-0.3, -0.25) is 9.69 Å². The molecule has 2 fully saturated rings. The maximum atomic E-state index is 13.4. The number of nitrogens with one attached hydrogen (secondary N) is 1. The number of piperidine rings is 1. The van der Waals surface area contributed by atoms with E-state index in [0.29, 0.717) is 32.8 Å². The zero-order valence-electron chi connectivity index (χ0n) is 19.3. The van der Waals surface area contributed by atoms with Crippen molar-refractivity contribution in [3.05, 3.63) is 65.5 Å². The maximum absolute atomic E-state index is 13.4.